The molecule has 4 N–H and O–H groups in total. The third-order valence-electron chi connectivity index (χ3n) is 3.97. The minimum atomic E-state index is -0.265. The van der Waals surface area contributed by atoms with Crippen molar-refractivity contribution in [3.05, 3.63) is 29.0 Å². The summed E-state index contributed by atoms with van der Waals surface area (Å²) in [6.07, 6.45) is 3.99. The molecule has 1 atom stereocenters. The third kappa shape index (κ3) is 2.34. The fourth-order valence-corrected chi connectivity index (χ4v) is 2.90. The van der Waals surface area contributed by atoms with Crippen LogP contribution in [-0.2, 0) is 4.74 Å². The van der Waals surface area contributed by atoms with Crippen LogP contribution in [0.25, 0.3) is 6.08 Å². The lowest BCUT2D eigenvalue weighted by atomic mass is 9.97. The van der Waals surface area contributed by atoms with Crippen LogP contribution >= 0.6 is 0 Å². The molecule has 3 rings (SSSR count). The molecule has 1 saturated heterocycles. The van der Waals surface area contributed by atoms with Gasteiger partial charge in [-0.2, -0.15) is 0 Å². The van der Waals surface area contributed by atoms with E-state index in [1.165, 1.54) is 18.9 Å². The normalized spacial score (nSPS) is 22.2. The van der Waals surface area contributed by atoms with E-state index in [2.05, 4.69) is 4.90 Å². The van der Waals surface area contributed by atoms with Crippen molar-refractivity contribution >= 4 is 6.08 Å². The van der Waals surface area contributed by atoms with Crippen LogP contribution in [0, 0.1) is 0 Å². The zero-order valence-electron chi connectivity index (χ0n) is 11.4. The van der Waals surface area contributed by atoms with Gasteiger partial charge >= 0.3 is 0 Å². The molecule has 0 bridgehead atoms. The number of nitrogens with zero attached hydrogens (tertiary/aromatic N) is 1. The fourth-order valence-electron chi connectivity index (χ4n) is 2.90. The second-order valence-corrected chi connectivity index (χ2v) is 5.37. The maximum atomic E-state index is 10.0. The van der Waals surface area contributed by atoms with Gasteiger partial charge in [-0.1, -0.05) is 6.07 Å². The van der Waals surface area contributed by atoms with Gasteiger partial charge in [0.25, 0.3) is 0 Å². The van der Waals surface area contributed by atoms with E-state index in [-0.39, 0.29) is 17.6 Å². The maximum absolute atomic E-state index is 10.0. The number of phenolic OH excluding ortho intramolecular Hbond substituents is 2. The first-order chi connectivity index (χ1) is 9.69. The molecule has 0 radical (unpaired) electrons. The largest absolute Gasteiger partial charge is 0.504 e. The SMILES string of the molecule is NCC1OC(CN2CCCC2)=Cc2c1ccc(O)c2O. The van der Waals surface area contributed by atoms with Crippen molar-refractivity contribution in [3.8, 4) is 11.5 Å². The quantitative estimate of drug-likeness (QED) is 0.730. The van der Waals surface area contributed by atoms with Crippen molar-refractivity contribution in [2.45, 2.75) is 18.9 Å². The molecule has 2 aliphatic heterocycles. The van der Waals surface area contributed by atoms with Crippen molar-refractivity contribution < 1.29 is 14.9 Å². The predicted octanol–water partition coefficient (Wildman–Crippen LogP) is 1.56. The highest BCUT2D eigenvalue weighted by Gasteiger charge is 2.26. The van der Waals surface area contributed by atoms with Crippen molar-refractivity contribution in [2.75, 3.05) is 26.2 Å². The Labute approximate surface area is 118 Å². The van der Waals surface area contributed by atoms with Crippen molar-refractivity contribution in [3.63, 3.8) is 0 Å². The van der Waals surface area contributed by atoms with Gasteiger partial charge in [0.1, 0.15) is 11.9 Å². The number of hydrogen-bond acceptors (Lipinski definition) is 5. The number of benzene rings is 1. The molecule has 0 aliphatic carbocycles. The second kappa shape index (κ2) is 5.34. The average Bonchev–Trinajstić information content (AvgIpc) is 2.95. The molecular formula is C15H20N2O3. The molecule has 1 aromatic rings. The lowest BCUT2D eigenvalue weighted by molar-refractivity contribution is 0.103. The Kier molecular flexibility index (Phi) is 3.54. The lowest BCUT2D eigenvalue weighted by Crippen LogP contribution is -2.27. The van der Waals surface area contributed by atoms with E-state index in [4.69, 9.17) is 10.5 Å². The Morgan fingerprint density at radius 1 is 1.25 bits per heavy atom. The predicted molar refractivity (Wildman–Crippen MR) is 76.3 cm³/mol. The van der Waals surface area contributed by atoms with Crippen LogP contribution in [0.3, 0.4) is 0 Å². The van der Waals surface area contributed by atoms with Crippen LogP contribution < -0.4 is 5.73 Å². The van der Waals surface area contributed by atoms with Crippen molar-refractivity contribution in [1.29, 1.82) is 0 Å². The molecule has 1 unspecified atom stereocenters. The highest BCUT2D eigenvalue weighted by Crippen LogP contribution is 2.40. The van der Waals surface area contributed by atoms with Crippen LogP contribution in [0.5, 0.6) is 11.5 Å². The van der Waals surface area contributed by atoms with E-state index in [0.717, 1.165) is 31.0 Å². The first-order valence-corrected chi connectivity index (χ1v) is 7.03. The first-order valence-electron chi connectivity index (χ1n) is 7.03. The highest BCUT2D eigenvalue weighted by molar-refractivity contribution is 5.68. The molecule has 2 aliphatic rings. The smallest absolute Gasteiger partial charge is 0.165 e. The zero-order valence-corrected chi connectivity index (χ0v) is 11.4. The molecule has 108 valence electrons. The van der Waals surface area contributed by atoms with Gasteiger partial charge in [-0.05, 0) is 38.1 Å². The standard InChI is InChI=1S/C15H20N2O3/c16-8-14-11-3-4-13(18)15(19)12(11)7-10(20-14)9-17-5-1-2-6-17/h3-4,7,14,18-19H,1-2,5-6,8-9,16H2. The molecule has 0 aromatic heterocycles. The van der Waals surface area contributed by atoms with Crippen LogP contribution in [0.4, 0.5) is 0 Å². The van der Waals surface area contributed by atoms with E-state index in [1.54, 1.807) is 6.07 Å². The number of rotatable bonds is 3. The summed E-state index contributed by atoms with van der Waals surface area (Å²) >= 11 is 0. The van der Waals surface area contributed by atoms with E-state index in [9.17, 15) is 10.2 Å². The number of likely N-dealkylation sites (tertiary alicyclic amines) is 1. The molecule has 0 amide bonds. The van der Waals surface area contributed by atoms with Crippen LogP contribution in [0.1, 0.15) is 30.1 Å². The van der Waals surface area contributed by atoms with Gasteiger partial charge in [0, 0.05) is 17.7 Å². The Bertz CT molecular complexity index is 536. The monoisotopic (exact) mass is 276 g/mol. The summed E-state index contributed by atoms with van der Waals surface area (Å²) in [7, 11) is 0. The zero-order chi connectivity index (χ0) is 14.1. The Morgan fingerprint density at radius 3 is 2.70 bits per heavy atom. The summed E-state index contributed by atoms with van der Waals surface area (Å²) in [6.45, 7) is 3.22. The molecule has 0 spiro atoms. The average molecular weight is 276 g/mol. The first kappa shape index (κ1) is 13.3. The Hall–Kier alpha value is -1.72. The summed E-state index contributed by atoms with van der Waals surface area (Å²) in [4.78, 5) is 2.32. The molecule has 1 fully saturated rings. The van der Waals surface area contributed by atoms with Gasteiger partial charge < -0.3 is 20.7 Å². The molecule has 2 heterocycles. The van der Waals surface area contributed by atoms with E-state index in [0.29, 0.717) is 12.1 Å². The number of ether oxygens (including phenoxy) is 1. The Balaban J connectivity index is 1.92. The number of nitrogens with two attached hydrogens (primary N) is 1. The summed E-state index contributed by atoms with van der Waals surface area (Å²) in [5.74, 6) is 0.595. The number of phenols is 2. The van der Waals surface area contributed by atoms with Crippen molar-refractivity contribution in [2.24, 2.45) is 5.73 Å². The van der Waals surface area contributed by atoms with Crippen LogP contribution in [0.15, 0.2) is 17.9 Å². The summed E-state index contributed by atoms with van der Waals surface area (Å²) in [6, 6.07) is 3.23. The molecule has 1 aromatic carbocycles. The summed E-state index contributed by atoms with van der Waals surface area (Å²) < 4.78 is 5.92. The van der Waals surface area contributed by atoms with Gasteiger partial charge in [-0.15, -0.1) is 0 Å². The number of hydrogen-bond donors (Lipinski definition) is 3. The second-order valence-electron chi connectivity index (χ2n) is 5.37. The summed E-state index contributed by atoms with van der Waals surface area (Å²) in [5.41, 5.74) is 7.22. The maximum Gasteiger partial charge on any atom is 0.165 e. The van der Waals surface area contributed by atoms with Gasteiger partial charge in [0.15, 0.2) is 11.5 Å². The van der Waals surface area contributed by atoms with Gasteiger partial charge in [-0.3, -0.25) is 4.90 Å². The van der Waals surface area contributed by atoms with Crippen LogP contribution in [0.2, 0.25) is 0 Å². The highest BCUT2D eigenvalue weighted by atomic mass is 16.5. The molecule has 5 heteroatoms. The van der Waals surface area contributed by atoms with Crippen molar-refractivity contribution in [1.82, 2.24) is 4.90 Å². The minimum Gasteiger partial charge on any atom is -0.504 e. The fraction of sp³-hybridized carbons (Fsp3) is 0.467. The van der Waals surface area contributed by atoms with Crippen LogP contribution in [-0.4, -0.2) is 41.3 Å². The third-order valence-corrected chi connectivity index (χ3v) is 3.97. The Morgan fingerprint density at radius 2 is 2.00 bits per heavy atom. The van der Waals surface area contributed by atoms with E-state index < -0.39 is 0 Å². The van der Waals surface area contributed by atoms with E-state index in [1.807, 2.05) is 6.08 Å². The minimum absolute atomic E-state index is 0.0943. The molecular weight excluding hydrogens is 256 g/mol. The number of aromatic hydroxyl groups is 2. The van der Waals surface area contributed by atoms with Gasteiger partial charge in [-0.25, -0.2) is 0 Å². The summed E-state index contributed by atoms with van der Waals surface area (Å²) in [5, 5.41) is 19.7. The van der Waals surface area contributed by atoms with Gasteiger partial charge in [0.2, 0.25) is 0 Å². The lowest BCUT2D eigenvalue weighted by Gasteiger charge is -2.28. The number of fused-ring (bicyclic) bond motifs is 1. The molecule has 5 nitrogen and oxygen atoms in total. The molecule has 20 heavy (non-hydrogen) atoms. The molecule has 0 saturated carbocycles. The topological polar surface area (TPSA) is 79.0 Å². The van der Waals surface area contributed by atoms with Gasteiger partial charge in [0.05, 0.1) is 6.54 Å². The van der Waals surface area contributed by atoms with E-state index >= 15 is 0 Å².